The van der Waals surface area contributed by atoms with E-state index in [1.165, 1.54) is 49.2 Å². The van der Waals surface area contributed by atoms with Crippen LogP contribution in [-0.4, -0.2) is 60.3 Å². The SMILES string of the molecule is COc1cc(C(C)(C)c2cnc(SCc3c(F)cc(C([O-])=N[C@H]4CC[N+](C)(C)C4)cc3Cl)n2-c2ccc(F)cc2)ccc1F. The molecule has 0 spiro atoms. The molecule has 1 aromatic heterocycles. The molecule has 1 aliphatic rings. The van der Waals surface area contributed by atoms with Gasteiger partial charge in [0.25, 0.3) is 0 Å². The molecule has 2 heterocycles. The number of methoxy groups -OCH3 is 1. The molecule has 0 radical (unpaired) electrons. The lowest BCUT2D eigenvalue weighted by molar-refractivity contribution is -0.878. The fraction of sp³-hybridized carbons (Fsp3) is 0.333. The number of benzene rings is 3. The summed E-state index contributed by atoms with van der Waals surface area (Å²) >= 11 is 7.77. The Morgan fingerprint density at radius 1 is 1.11 bits per heavy atom. The zero-order valence-corrected chi connectivity index (χ0v) is 26.8. The van der Waals surface area contributed by atoms with Crippen LogP contribution >= 0.6 is 23.4 Å². The highest BCUT2D eigenvalue weighted by molar-refractivity contribution is 7.98. The summed E-state index contributed by atoms with van der Waals surface area (Å²) in [5, 5.41) is 13.5. The van der Waals surface area contributed by atoms with Gasteiger partial charge >= 0.3 is 0 Å². The van der Waals surface area contributed by atoms with E-state index in [-0.39, 0.29) is 33.7 Å². The van der Waals surface area contributed by atoms with Crippen molar-refractivity contribution in [2.75, 3.05) is 34.3 Å². The average molecular weight is 643 g/mol. The number of quaternary nitrogens is 1. The first-order valence-corrected chi connectivity index (χ1v) is 15.5. The number of hydrogen-bond acceptors (Lipinski definition) is 5. The molecule has 44 heavy (non-hydrogen) atoms. The highest BCUT2D eigenvalue weighted by Gasteiger charge is 2.31. The van der Waals surface area contributed by atoms with Crippen molar-refractivity contribution < 1.29 is 27.5 Å². The molecule has 1 saturated heterocycles. The summed E-state index contributed by atoms with van der Waals surface area (Å²) in [6.07, 6.45) is 2.50. The lowest BCUT2D eigenvalue weighted by atomic mass is 9.81. The molecule has 1 fully saturated rings. The van der Waals surface area contributed by atoms with Crippen molar-refractivity contribution in [3.05, 3.63) is 106 Å². The van der Waals surface area contributed by atoms with E-state index in [0.717, 1.165) is 35.3 Å². The highest BCUT2D eigenvalue weighted by Crippen LogP contribution is 2.39. The summed E-state index contributed by atoms with van der Waals surface area (Å²) in [7, 11) is 5.59. The molecule has 232 valence electrons. The minimum absolute atomic E-state index is 0.102. The molecule has 0 amide bonds. The molecule has 4 aromatic rings. The molecule has 11 heteroatoms. The Hall–Kier alpha value is -3.47. The average Bonchev–Trinajstić information content (AvgIpc) is 3.55. The van der Waals surface area contributed by atoms with Gasteiger partial charge < -0.3 is 14.3 Å². The maximum absolute atomic E-state index is 15.4. The molecule has 1 atom stereocenters. The zero-order valence-electron chi connectivity index (χ0n) is 25.2. The topological polar surface area (TPSA) is 62.5 Å². The van der Waals surface area contributed by atoms with Crippen molar-refractivity contribution in [3.63, 3.8) is 0 Å². The molecule has 0 N–H and O–H groups in total. The Morgan fingerprint density at radius 3 is 2.48 bits per heavy atom. The number of likely N-dealkylation sites (N-methyl/N-ethyl adjacent to an activating group) is 1. The number of rotatable bonds is 9. The maximum Gasteiger partial charge on any atom is 0.173 e. The van der Waals surface area contributed by atoms with Gasteiger partial charge in [0.05, 0.1) is 39.6 Å². The zero-order chi connectivity index (χ0) is 31.8. The Kier molecular flexibility index (Phi) is 9.07. The lowest BCUT2D eigenvalue weighted by Crippen LogP contribution is -2.37. The number of likely N-dealkylation sites (tertiary alicyclic amines) is 1. The van der Waals surface area contributed by atoms with Gasteiger partial charge in [-0.15, -0.1) is 0 Å². The van der Waals surface area contributed by atoms with Gasteiger partial charge in [0.2, 0.25) is 0 Å². The van der Waals surface area contributed by atoms with E-state index in [9.17, 15) is 13.9 Å². The maximum atomic E-state index is 15.4. The second-order valence-corrected chi connectivity index (χ2v) is 13.5. The van der Waals surface area contributed by atoms with Crippen LogP contribution in [0.15, 0.2) is 70.9 Å². The van der Waals surface area contributed by atoms with Crippen molar-refractivity contribution in [2.45, 2.75) is 42.6 Å². The van der Waals surface area contributed by atoms with Crippen molar-refractivity contribution >= 4 is 29.3 Å². The van der Waals surface area contributed by atoms with Gasteiger partial charge in [0.1, 0.15) is 24.2 Å². The van der Waals surface area contributed by atoms with Crippen LogP contribution in [0.2, 0.25) is 5.02 Å². The van der Waals surface area contributed by atoms with E-state index in [0.29, 0.717) is 10.8 Å². The fourth-order valence-corrected chi connectivity index (χ4v) is 6.89. The van der Waals surface area contributed by atoms with E-state index >= 15 is 4.39 Å². The molecule has 3 aromatic carbocycles. The largest absolute Gasteiger partial charge is 0.858 e. The van der Waals surface area contributed by atoms with Crippen molar-refractivity contribution in [1.29, 1.82) is 0 Å². The standard InChI is InChI=1S/C33H34ClF3N4O2S/c1-33(2,21-6-11-27(36)29(16-21)43-5)30-17-38-32(40(30)24-9-7-22(35)8-10-24)44-19-25-26(34)14-20(15-28(25)37)31(42)39-23-12-13-41(3,4)18-23/h6-11,14-17,23H,12-13,18-19H2,1-5H3/t23-/m0/s1. The van der Waals surface area contributed by atoms with E-state index < -0.39 is 28.8 Å². The first-order valence-electron chi connectivity index (χ1n) is 14.1. The summed E-state index contributed by atoms with van der Waals surface area (Å²) < 4.78 is 51.3. The van der Waals surface area contributed by atoms with Crippen LogP contribution in [0.5, 0.6) is 5.75 Å². The third-order valence-electron chi connectivity index (χ3n) is 8.13. The molecule has 0 aliphatic carbocycles. The Morgan fingerprint density at radius 2 is 1.84 bits per heavy atom. The summed E-state index contributed by atoms with van der Waals surface area (Å²) in [6, 6.07) is 13.2. The number of imidazole rings is 1. The summed E-state index contributed by atoms with van der Waals surface area (Å²) in [5.41, 5.74) is 1.81. The third kappa shape index (κ3) is 6.62. The second-order valence-electron chi connectivity index (χ2n) is 12.1. The minimum atomic E-state index is -0.691. The van der Waals surface area contributed by atoms with Crippen LogP contribution in [0.25, 0.3) is 5.69 Å². The molecule has 0 saturated carbocycles. The van der Waals surface area contributed by atoms with Crippen molar-refractivity contribution in [1.82, 2.24) is 9.55 Å². The van der Waals surface area contributed by atoms with Crippen LogP contribution in [0.1, 0.15) is 42.7 Å². The van der Waals surface area contributed by atoms with Crippen LogP contribution in [0, 0.1) is 17.5 Å². The van der Waals surface area contributed by atoms with Gasteiger partial charge in [0.15, 0.2) is 16.7 Å². The number of nitrogens with zero attached hydrogens (tertiary/aromatic N) is 4. The molecule has 1 aliphatic heterocycles. The Labute approximate surface area is 264 Å². The van der Waals surface area contributed by atoms with Gasteiger partial charge in [-0.2, -0.15) is 0 Å². The van der Waals surface area contributed by atoms with E-state index in [2.05, 4.69) is 24.1 Å². The number of aliphatic imine (C=N–C) groups is 1. The van der Waals surface area contributed by atoms with Gasteiger partial charge in [0, 0.05) is 33.9 Å². The Balaban J connectivity index is 1.46. The number of hydrogen-bond donors (Lipinski definition) is 0. The third-order valence-corrected chi connectivity index (χ3v) is 9.45. The van der Waals surface area contributed by atoms with Crippen LogP contribution in [0.3, 0.4) is 0 Å². The number of ether oxygens (including phenoxy) is 1. The van der Waals surface area contributed by atoms with Gasteiger partial charge in [-0.1, -0.05) is 43.3 Å². The van der Waals surface area contributed by atoms with Crippen molar-refractivity contribution in [3.8, 4) is 11.4 Å². The molecule has 0 unspecified atom stereocenters. The predicted molar refractivity (Wildman–Crippen MR) is 166 cm³/mol. The number of aromatic nitrogens is 2. The summed E-state index contributed by atoms with van der Waals surface area (Å²) in [5.74, 6) is -1.72. The van der Waals surface area contributed by atoms with E-state index in [4.69, 9.17) is 16.3 Å². The molecule has 6 nitrogen and oxygen atoms in total. The number of thioether (sulfide) groups is 1. The Bertz CT molecular complexity index is 1680. The fourth-order valence-electron chi connectivity index (χ4n) is 5.51. The van der Waals surface area contributed by atoms with Gasteiger partial charge in [-0.3, -0.25) is 9.56 Å². The van der Waals surface area contributed by atoms with E-state index in [1.807, 2.05) is 18.4 Å². The van der Waals surface area contributed by atoms with Crippen LogP contribution in [0.4, 0.5) is 13.2 Å². The summed E-state index contributed by atoms with van der Waals surface area (Å²) in [6.45, 7) is 5.62. The normalized spacial score (nSPS) is 16.8. The molecular formula is C33H34ClF3N4O2S. The highest BCUT2D eigenvalue weighted by atomic mass is 35.5. The smallest absolute Gasteiger partial charge is 0.173 e. The van der Waals surface area contributed by atoms with Crippen LogP contribution < -0.4 is 9.84 Å². The van der Waals surface area contributed by atoms with Gasteiger partial charge in [-0.05, 0) is 65.6 Å². The minimum Gasteiger partial charge on any atom is -0.858 e. The summed E-state index contributed by atoms with van der Waals surface area (Å²) in [4.78, 5) is 8.96. The quantitative estimate of drug-likeness (QED) is 0.0902. The second kappa shape index (κ2) is 12.5. The number of halogens is 4. The first-order chi connectivity index (χ1) is 20.8. The van der Waals surface area contributed by atoms with Gasteiger partial charge in [-0.25, -0.2) is 18.2 Å². The predicted octanol–water partition coefficient (Wildman–Crippen LogP) is 6.53. The molecule has 0 bridgehead atoms. The monoisotopic (exact) mass is 642 g/mol. The van der Waals surface area contributed by atoms with Crippen LogP contribution in [-0.2, 0) is 11.2 Å². The van der Waals surface area contributed by atoms with E-state index in [1.54, 1.807) is 30.5 Å². The first kappa shape index (κ1) is 31.9. The lowest BCUT2D eigenvalue weighted by Gasteiger charge is -2.28. The van der Waals surface area contributed by atoms with Crippen molar-refractivity contribution in [2.24, 2.45) is 4.99 Å². The molecule has 5 rings (SSSR count). The molecular weight excluding hydrogens is 609 g/mol.